The van der Waals surface area contributed by atoms with Gasteiger partial charge in [0.05, 0.1) is 12.5 Å². The summed E-state index contributed by atoms with van der Waals surface area (Å²) in [6.45, 7) is 12.3. The van der Waals surface area contributed by atoms with Gasteiger partial charge in [0, 0.05) is 23.5 Å². The maximum absolute atomic E-state index is 13.0. The zero-order valence-electron chi connectivity index (χ0n) is 27.5. The lowest BCUT2D eigenvalue weighted by Crippen LogP contribution is -2.23. The van der Waals surface area contributed by atoms with Crippen LogP contribution in [0.4, 0.5) is 5.69 Å². The van der Waals surface area contributed by atoms with Crippen molar-refractivity contribution in [1.82, 2.24) is 4.90 Å². The number of rotatable bonds is 20. The molecular formula is C37H56N2O3S. The first-order valence-electron chi connectivity index (χ1n) is 16.6. The summed E-state index contributed by atoms with van der Waals surface area (Å²) < 4.78 is 12.5. The van der Waals surface area contributed by atoms with E-state index in [1.54, 1.807) is 11.8 Å². The van der Waals surface area contributed by atoms with E-state index in [1.165, 1.54) is 76.3 Å². The number of carbonyl (C=O) groups excluding carboxylic acids is 1. The number of unbranched alkanes of at least 4 members (excludes halogenated alkanes) is 11. The molecule has 1 aliphatic heterocycles. The maximum Gasteiger partial charge on any atom is 0.262 e. The van der Waals surface area contributed by atoms with E-state index in [2.05, 4.69) is 62.4 Å². The third kappa shape index (κ3) is 12.5. The molecule has 0 fully saturated rings. The van der Waals surface area contributed by atoms with Crippen molar-refractivity contribution in [1.29, 1.82) is 0 Å². The van der Waals surface area contributed by atoms with Gasteiger partial charge in [-0.3, -0.25) is 4.79 Å². The van der Waals surface area contributed by atoms with Crippen molar-refractivity contribution >= 4 is 23.4 Å². The fourth-order valence-electron chi connectivity index (χ4n) is 5.40. The van der Waals surface area contributed by atoms with Crippen molar-refractivity contribution in [2.75, 3.05) is 24.4 Å². The summed E-state index contributed by atoms with van der Waals surface area (Å²) in [6.07, 6.45) is 15.8. The van der Waals surface area contributed by atoms with Crippen LogP contribution in [-0.4, -0.2) is 29.9 Å². The van der Waals surface area contributed by atoms with E-state index in [4.69, 9.17) is 9.47 Å². The van der Waals surface area contributed by atoms with Crippen LogP contribution in [0.2, 0.25) is 0 Å². The summed E-state index contributed by atoms with van der Waals surface area (Å²) in [6, 6.07) is 14.0. The molecule has 0 radical (unpaired) electrons. The lowest BCUT2D eigenvalue weighted by molar-refractivity contribution is -0.118. The van der Waals surface area contributed by atoms with Crippen LogP contribution in [-0.2, 0) is 16.8 Å². The molecular weight excluding hydrogens is 552 g/mol. The predicted molar refractivity (Wildman–Crippen MR) is 184 cm³/mol. The van der Waals surface area contributed by atoms with E-state index < -0.39 is 0 Å². The Labute approximate surface area is 266 Å². The van der Waals surface area contributed by atoms with Crippen molar-refractivity contribution in [2.45, 2.75) is 124 Å². The Hall–Kier alpha value is -2.60. The van der Waals surface area contributed by atoms with Crippen molar-refractivity contribution in [3.05, 3.63) is 64.7 Å². The van der Waals surface area contributed by atoms with Gasteiger partial charge in [-0.25, -0.2) is 0 Å². The van der Waals surface area contributed by atoms with Crippen LogP contribution in [0.15, 0.2) is 53.6 Å². The SMILES string of the molecule is CCCCCCCCCCCCCCOc1c(OCC(=O)Nc2ccccc2CN2CSC=C2C)cccc1C(C)(C)C. The molecule has 2 aromatic rings. The number of nitrogens with zero attached hydrogens (tertiary/aromatic N) is 1. The Kier molecular flexibility index (Phi) is 15.4. The number of anilines is 1. The highest BCUT2D eigenvalue weighted by Gasteiger charge is 2.23. The van der Waals surface area contributed by atoms with E-state index in [1.807, 2.05) is 30.3 Å². The fraction of sp³-hybridized carbons (Fsp3) is 0.595. The molecule has 1 heterocycles. The molecule has 2 aromatic carbocycles. The molecule has 0 aromatic heterocycles. The lowest BCUT2D eigenvalue weighted by atomic mass is 9.86. The van der Waals surface area contributed by atoms with Crippen LogP contribution < -0.4 is 14.8 Å². The van der Waals surface area contributed by atoms with Crippen LogP contribution in [0.5, 0.6) is 11.5 Å². The molecule has 0 saturated carbocycles. The fourth-order valence-corrected chi connectivity index (χ4v) is 6.34. The van der Waals surface area contributed by atoms with Gasteiger partial charge in [-0.1, -0.05) is 129 Å². The molecule has 1 amide bonds. The number of carbonyl (C=O) groups is 1. The molecule has 0 atom stereocenters. The molecule has 1 aliphatic rings. The number of nitrogens with one attached hydrogen (secondary N) is 1. The van der Waals surface area contributed by atoms with Crippen LogP contribution >= 0.6 is 11.8 Å². The van der Waals surface area contributed by atoms with E-state index in [0.29, 0.717) is 12.4 Å². The highest BCUT2D eigenvalue weighted by molar-refractivity contribution is 8.02. The quantitative estimate of drug-likeness (QED) is 0.152. The summed E-state index contributed by atoms with van der Waals surface area (Å²) in [5, 5.41) is 5.25. The van der Waals surface area contributed by atoms with Gasteiger partial charge in [0.2, 0.25) is 0 Å². The van der Waals surface area contributed by atoms with Gasteiger partial charge in [-0.15, -0.1) is 11.8 Å². The number of para-hydroxylation sites is 2. The van der Waals surface area contributed by atoms with Gasteiger partial charge in [-0.2, -0.15) is 0 Å². The first-order valence-corrected chi connectivity index (χ1v) is 17.6. The van der Waals surface area contributed by atoms with E-state index in [0.717, 1.165) is 41.4 Å². The summed E-state index contributed by atoms with van der Waals surface area (Å²) in [4.78, 5) is 15.3. The molecule has 238 valence electrons. The standard InChI is InChI=1S/C37H56N2O3S/c1-6-7-8-9-10-11-12-13-14-15-16-19-25-41-36-32(37(3,4)5)22-20-24-34(36)42-27-35(40)38-33-23-18-17-21-31(33)26-39-29-43-28-30(39)2/h17-18,20-24,28H,6-16,19,25-27,29H2,1-5H3,(H,38,40). The number of ether oxygens (including phenoxy) is 2. The molecule has 0 saturated heterocycles. The van der Waals surface area contributed by atoms with Crippen molar-refractivity contribution in [3.63, 3.8) is 0 Å². The molecule has 6 heteroatoms. The molecule has 43 heavy (non-hydrogen) atoms. The summed E-state index contributed by atoms with van der Waals surface area (Å²) in [5.74, 6) is 2.15. The molecule has 0 bridgehead atoms. The highest BCUT2D eigenvalue weighted by Crippen LogP contribution is 2.39. The Morgan fingerprint density at radius 2 is 1.51 bits per heavy atom. The van der Waals surface area contributed by atoms with Gasteiger partial charge < -0.3 is 19.7 Å². The smallest absolute Gasteiger partial charge is 0.262 e. The highest BCUT2D eigenvalue weighted by atomic mass is 32.2. The van der Waals surface area contributed by atoms with Gasteiger partial charge in [0.25, 0.3) is 5.91 Å². The molecule has 0 aliphatic carbocycles. The van der Waals surface area contributed by atoms with Gasteiger partial charge in [0.1, 0.15) is 0 Å². The monoisotopic (exact) mass is 608 g/mol. The number of benzene rings is 2. The minimum absolute atomic E-state index is 0.0740. The van der Waals surface area contributed by atoms with E-state index in [-0.39, 0.29) is 17.9 Å². The third-order valence-corrected chi connectivity index (χ3v) is 8.99. The van der Waals surface area contributed by atoms with Crippen molar-refractivity contribution in [3.8, 4) is 11.5 Å². The summed E-state index contributed by atoms with van der Waals surface area (Å²) in [5.41, 5.74) is 4.16. The summed E-state index contributed by atoms with van der Waals surface area (Å²) in [7, 11) is 0. The number of amides is 1. The Morgan fingerprint density at radius 1 is 0.860 bits per heavy atom. The average Bonchev–Trinajstić information content (AvgIpc) is 3.39. The number of allylic oxidation sites excluding steroid dienone is 1. The van der Waals surface area contributed by atoms with E-state index >= 15 is 0 Å². The zero-order chi connectivity index (χ0) is 30.9. The second-order valence-corrected chi connectivity index (χ2v) is 13.7. The van der Waals surface area contributed by atoms with Crippen LogP contribution in [0, 0.1) is 0 Å². The number of hydrogen-bond acceptors (Lipinski definition) is 5. The summed E-state index contributed by atoms with van der Waals surface area (Å²) >= 11 is 1.80. The van der Waals surface area contributed by atoms with Crippen molar-refractivity contribution < 1.29 is 14.3 Å². The minimum atomic E-state index is -0.177. The topological polar surface area (TPSA) is 50.8 Å². The van der Waals surface area contributed by atoms with Crippen LogP contribution in [0.25, 0.3) is 0 Å². The second kappa shape index (κ2) is 18.9. The second-order valence-electron chi connectivity index (χ2n) is 12.9. The van der Waals surface area contributed by atoms with E-state index in [9.17, 15) is 4.79 Å². The molecule has 0 spiro atoms. The first kappa shape index (κ1) is 34.9. The first-order chi connectivity index (χ1) is 20.8. The normalized spacial score (nSPS) is 13.2. The Balaban J connectivity index is 1.46. The third-order valence-electron chi connectivity index (χ3n) is 8.03. The lowest BCUT2D eigenvalue weighted by Gasteiger charge is -2.25. The van der Waals surface area contributed by atoms with Crippen molar-refractivity contribution in [2.24, 2.45) is 0 Å². The predicted octanol–water partition coefficient (Wildman–Crippen LogP) is 10.4. The minimum Gasteiger partial charge on any atom is -0.489 e. The van der Waals surface area contributed by atoms with Gasteiger partial charge in [0.15, 0.2) is 18.1 Å². The molecule has 5 nitrogen and oxygen atoms in total. The Morgan fingerprint density at radius 3 is 2.14 bits per heavy atom. The zero-order valence-corrected chi connectivity index (χ0v) is 28.3. The molecule has 1 N–H and O–H groups in total. The number of thioether (sulfide) groups is 1. The number of hydrogen-bond donors (Lipinski definition) is 1. The largest absolute Gasteiger partial charge is 0.489 e. The average molecular weight is 609 g/mol. The molecule has 3 rings (SSSR count). The Bertz CT molecular complexity index is 1140. The van der Waals surface area contributed by atoms with Gasteiger partial charge >= 0.3 is 0 Å². The van der Waals surface area contributed by atoms with Crippen LogP contribution in [0.3, 0.4) is 0 Å². The van der Waals surface area contributed by atoms with Gasteiger partial charge in [-0.05, 0) is 41.9 Å². The molecule has 0 unspecified atom stereocenters. The maximum atomic E-state index is 13.0. The van der Waals surface area contributed by atoms with Crippen LogP contribution in [0.1, 0.15) is 123 Å².